The Morgan fingerprint density at radius 1 is 1.50 bits per heavy atom. The van der Waals surface area contributed by atoms with Gasteiger partial charge in [-0.05, 0) is 18.9 Å². The lowest BCUT2D eigenvalue weighted by atomic mass is 10.1. The third kappa shape index (κ3) is 3.20. The van der Waals surface area contributed by atoms with Crippen LogP contribution in [0.25, 0.3) is 0 Å². The minimum Gasteiger partial charge on any atom is -0.304 e. The average molecular weight is 291 g/mol. The van der Waals surface area contributed by atoms with Crippen molar-refractivity contribution in [3.63, 3.8) is 0 Å². The minimum absolute atomic E-state index is 0.173. The Morgan fingerprint density at radius 3 is 2.90 bits per heavy atom. The largest absolute Gasteiger partial charge is 0.304 e. The van der Waals surface area contributed by atoms with E-state index in [-0.39, 0.29) is 16.7 Å². The number of thiazole rings is 1. The smallest absolute Gasteiger partial charge is 0.272 e. The molecule has 6 heteroatoms. The van der Waals surface area contributed by atoms with Gasteiger partial charge in [0, 0.05) is 29.8 Å². The van der Waals surface area contributed by atoms with Crippen molar-refractivity contribution in [2.75, 3.05) is 0 Å². The molecule has 20 heavy (non-hydrogen) atoms. The first-order valence-electron chi connectivity index (χ1n) is 6.49. The molecule has 0 aliphatic rings. The van der Waals surface area contributed by atoms with Crippen LogP contribution in [0.15, 0.2) is 29.8 Å². The highest BCUT2D eigenvalue weighted by Crippen LogP contribution is 2.23. The van der Waals surface area contributed by atoms with Crippen molar-refractivity contribution in [3.8, 4) is 0 Å². The lowest BCUT2D eigenvalue weighted by Crippen LogP contribution is -2.20. The molecule has 0 saturated carbocycles. The summed E-state index contributed by atoms with van der Waals surface area (Å²) >= 11 is 1.62. The van der Waals surface area contributed by atoms with Crippen LogP contribution in [0, 0.1) is 17.0 Å². The van der Waals surface area contributed by atoms with Crippen LogP contribution >= 0.6 is 11.3 Å². The maximum atomic E-state index is 10.9. The molecule has 1 heterocycles. The van der Waals surface area contributed by atoms with Gasteiger partial charge < -0.3 is 5.32 Å². The molecular weight excluding hydrogens is 274 g/mol. The van der Waals surface area contributed by atoms with E-state index in [0.717, 1.165) is 22.6 Å². The maximum absolute atomic E-state index is 10.9. The minimum atomic E-state index is -0.336. The number of nitrogens with zero attached hydrogens (tertiary/aromatic N) is 2. The van der Waals surface area contributed by atoms with Crippen molar-refractivity contribution in [1.29, 1.82) is 0 Å². The van der Waals surface area contributed by atoms with Gasteiger partial charge >= 0.3 is 0 Å². The fraction of sp³-hybridized carbons (Fsp3) is 0.357. The molecule has 0 saturated heterocycles. The van der Waals surface area contributed by atoms with E-state index in [1.165, 1.54) is 6.07 Å². The first-order valence-corrected chi connectivity index (χ1v) is 7.37. The van der Waals surface area contributed by atoms with E-state index < -0.39 is 0 Å². The van der Waals surface area contributed by atoms with Gasteiger partial charge in [0.2, 0.25) is 0 Å². The van der Waals surface area contributed by atoms with E-state index in [2.05, 4.69) is 17.2 Å². The standard InChI is InChI=1S/C14H17N3O2S/c1-3-12(14-15-7-8-20-14)16-9-11-5-4-6-13(10(11)2)17(18)19/h4-8,12,16H,3,9H2,1-2H3. The van der Waals surface area contributed by atoms with Gasteiger partial charge in [0.05, 0.1) is 11.0 Å². The van der Waals surface area contributed by atoms with Crippen molar-refractivity contribution in [1.82, 2.24) is 10.3 Å². The van der Waals surface area contributed by atoms with E-state index in [0.29, 0.717) is 6.54 Å². The Balaban J connectivity index is 2.11. The first-order chi connectivity index (χ1) is 9.63. The number of aromatic nitrogens is 1. The van der Waals surface area contributed by atoms with Crippen LogP contribution in [0.5, 0.6) is 0 Å². The number of nitro benzene ring substituents is 1. The molecule has 0 spiro atoms. The molecule has 2 aromatic rings. The number of hydrogen-bond donors (Lipinski definition) is 1. The van der Waals surface area contributed by atoms with Crippen LogP contribution in [0.1, 0.15) is 35.5 Å². The highest BCUT2D eigenvalue weighted by molar-refractivity contribution is 7.09. The predicted molar refractivity (Wildman–Crippen MR) is 79.8 cm³/mol. The number of nitro groups is 1. The Bertz CT molecular complexity index is 584. The van der Waals surface area contributed by atoms with Crippen LogP contribution in [-0.4, -0.2) is 9.91 Å². The highest BCUT2D eigenvalue weighted by atomic mass is 32.1. The molecule has 0 fully saturated rings. The zero-order chi connectivity index (χ0) is 14.5. The number of nitrogens with one attached hydrogen (secondary N) is 1. The molecule has 0 bridgehead atoms. The summed E-state index contributed by atoms with van der Waals surface area (Å²) in [5, 5.41) is 17.4. The first kappa shape index (κ1) is 14.6. The van der Waals surface area contributed by atoms with E-state index in [1.807, 2.05) is 11.4 Å². The molecule has 0 aliphatic carbocycles. The van der Waals surface area contributed by atoms with Gasteiger partial charge in [0.25, 0.3) is 5.69 Å². The molecule has 1 atom stereocenters. The summed E-state index contributed by atoms with van der Waals surface area (Å²) in [6, 6.07) is 5.38. The summed E-state index contributed by atoms with van der Waals surface area (Å²) < 4.78 is 0. The van der Waals surface area contributed by atoms with Gasteiger partial charge in [0.15, 0.2) is 0 Å². The Kier molecular flexibility index (Phi) is 4.81. The second-order valence-corrected chi connectivity index (χ2v) is 5.46. The average Bonchev–Trinajstić information content (AvgIpc) is 2.95. The third-order valence-corrected chi connectivity index (χ3v) is 4.20. The van der Waals surface area contributed by atoms with E-state index in [4.69, 9.17) is 0 Å². The molecule has 5 nitrogen and oxygen atoms in total. The molecule has 1 N–H and O–H groups in total. The second-order valence-electron chi connectivity index (χ2n) is 4.53. The fourth-order valence-electron chi connectivity index (χ4n) is 2.11. The Labute approximate surface area is 121 Å². The van der Waals surface area contributed by atoms with Crippen molar-refractivity contribution in [2.45, 2.75) is 32.9 Å². The van der Waals surface area contributed by atoms with E-state index in [1.54, 1.807) is 30.5 Å². The van der Waals surface area contributed by atoms with Crippen LogP contribution < -0.4 is 5.32 Å². The molecule has 0 aliphatic heterocycles. The van der Waals surface area contributed by atoms with Crippen LogP contribution in [0.2, 0.25) is 0 Å². The van der Waals surface area contributed by atoms with Crippen molar-refractivity contribution in [3.05, 3.63) is 56.0 Å². The summed E-state index contributed by atoms with van der Waals surface area (Å²) in [7, 11) is 0. The lowest BCUT2D eigenvalue weighted by Gasteiger charge is -2.15. The highest BCUT2D eigenvalue weighted by Gasteiger charge is 2.15. The molecule has 1 aromatic carbocycles. The third-order valence-electron chi connectivity index (χ3n) is 3.31. The lowest BCUT2D eigenvalue weighted by molar-refractivity contribution is -0.385. The van der Waals surface area contributed by atoms with E-state index in [9.17, 15) is 10.1 Å². The predicted octanol–water partition coefficient (Wildman–Crippen LogP) is 3.60. The van der Waals surface area contributed by atoms with Gasteiger partial charge in [0.1, 0.15) is 5.01 Å². The number of benzene rings is 1. The Hall–Kier alpha value is -1.79. The molecule has 1 unspecified atom stereocenters. The maximum Gasteiger partial charge on any atom is 0.272 e. The summed E-state index contributed by atoms with van der Waals surface area (Å²) in [6.45, 7) is 4.49. The monoisotopic (exact) mass is 291 g/mol. The molecule has 2 rings (SSSR count). The van der Waals surface area contributed by atoms with E-state index >= 15 is 0 Å². The number of hydrogen-bond acceptors (Lipinski definition) is 5. The summed E-state index contributed by atoms with van der Waals surface area (Å²) in [5.74, 6) is 0. The van der Waals surface area contributed by atoms with Gasteiger partial charge in [-0.2, -0.15) is 0 Å². The number of rotatable bonds is 6. The summed E-state index contributed by atoms with van der Waals surface area (Å²) in [6.07, 6.45) is 2.73. The molecule has 0 amide bonds. The van der Waals surface area contributed by atoms with Crippen LogP contribution in [0.4, 0.5) is 5.69 Å². The van der Waals surface area contributed by atoms with Crippen molar-refractivity contribution in [2.24, 2.45) is 0 Å². The van der Waals surface area contributed by atoms with Gasteiger partial charge in [-0.15, -0.1) is 11.3 Å². The zero-order valence-corrected chi connectivity index (χ0v) is 12.3. The quantitative estimate of drug-likeness (QED) is 0.652. The molecule has 106 valence electrons. The van der Waals surface area contributed by atoms with Crippen LogP contribution in [0.3, 0.4) is 0 Å². The summed E-state index contributed by atoms with van der Waals surface area (Å²) in [4.78, 5) is 14.9. The normalized spacial score (nSPS) is 12.3. The topological polar surface area (TPSA) is 68.1 Å². The van der Waals surface area contributed by atoms with Crippen LogP contribution in [-0.2, 0) is 6.54 Å². The second kappa shape index (κ2) is 6.58. The van der Waals surface area contributed by atoms with Crippen molar-refractivity contribution >= 4 is 17.0 Å². The van der Waals surface area contributed by atoms with Gasteiger partial charge in [-0.1, -0.05) is 19.1 Å². The molecule has 0 radical (unpaired) electrons. The molecule has 1 aromatic heterocycles. The van der Waals surface area contributed by atoms with Crippen molar-refractivity contribution < 1.29 is 4.92 Å². The fourth-order valence-corrected chi connectivity index (χ4v) is 2.90. The van der Waals surface area contributed by atoms with Gasteiger partial charge in [-0.3, -0.25) is 10.1 Å². The molecular formula is C14H17N3O2S. The SMILES string of the molecule is CCC(NCc1cccc([N+](=O)[O-])c1C)c1nccs1. The zero-order valence-electron chi connectivity index (χ0n) is 11.5. The summed E-state index contributed by atoms with van der Waals surface area (Å²) in [5.41, 5.74) is 1.85. The Morgan fingerprint density at radius 2 is 2.30 bits per heavy atom. The van der Waals surface area contributed by atoms with Gasteiger partial charge in [-0.25, -0.2) is 4.98 Å².